The maximum atomic E-state index is 9.00. The number of carboxylic acids is 1. The minimum absolute atomic E-state index is 0. The van der Waals surface area contributed by atoms with Gasteiger partial charge in [-0.05, 0) is 25.7 Å². The van der Waals surface area contributed by atoms with Gasteiger partial charge >= 0.3 is 0 Å². The molecule has 1 radical (unpaired) electrons. The van der Waals surface area contributed by atoms with Crippen LogP contribution in [0.15, 0.2) is 24.3 Å². The van der Waals surface area contributed by atoms with Crippen LogP contribution in [0.5, 0.6) is 0 Å². The molecule has 2 nitrogen and oxygen atoms in total. The van der Waals surface area contributed by atoms with Gasteiger partial charge in [-0.2, -0.15) is 0 Å². The molecule has 0 aliphatic heterocycles. The van der Waals surface area contributed by atoms with E-state index in [9.17, 15) is 0 Å². The Bertz CT molecular complexity index is 144. The summed E-state index contributed by atoms with van der Waals surface area (Å²) >= 11 is 0. The summed E-state index contributed by atoms with van der Waals surface area (Å²) in [5.41, 5.74) is 0. The Balaban J connectivity index is 0. The van der Waals surface area contributed by atoms with Crippen molar-refractivity contribution in [3.8, 4) is 0 Å². The summed E-state index contributed by atoms with van der Waals surface area (Å²) in [6.45, 7) is 1.08. The Kier molecular flexibility index (Phi) is 13.4. The molecule has 0 atom stereocenters. The van der Waals surface area contributed by atoms with Crippen LogP contribution in [0, 0.1) is 0 Å². The van der Waals surface area contributed by atoms with Crippen LogP contribution in [0.25, 0.3) is 0 Å². The molecule has 1 aliphatic rings. The summed E-state index contributed by atoms with van der Waals surface area (Å²) in [6, 6.07) is 0. The first-order valence-corrected chi connectivity index (χ1v) is 4.23. The van der Waals surface area contributed by atoms with E-state index >= 15 is 0 Å². The van der Waals surface area contributed by atoms with Crippen molar-refractivity contribution in [1.29, 1.82) is 0 Å². The van der Waals surface area contributed by atoms with Crippen LogP contribution >= 0.6 is 0 Å². The molecular formula is C10H16O2Rh. The smallest absolute Gasteiger partial charge is 0.300 e. The van der Waals surface area contributed by atoms with E-state index in [2.05, 4.69) is 24.3 Å². The molecule has 0 bridgehead atoms. The fourth-order valence-electron chi connectivity index (χ4n) is 0.856. The molecule has 1 N–H and O–H groups in total. The summed E-state index contributed by atoms with van der Waals surface area (Å²) in [5.74, 6) is -0.833. The number of rotatable bonds is 0. The van der Waals surface area contributed by atoms with Crippen molar-refractivity contribution >= 4 is 5.97 Å². The number of carboxylic acid groups (broad SMARTS) is 1. The van der Waals surface area contributed by atoms with Crippen LogP contribution in [0.3, 0.4) is 0 Å². The molecule has 0 unspecified atom stereocenters. The zero-order valence-corrected chi connectivity index (χ0v) is 9.47. The quantitative estimate of drug-likeness (QED) is 0.543. The molecular weight excluding hydrogens is 255 g/mol. The predicted octanol–water partition coefficient (Wildman–Crippen LogP) is 2.76. The van der Waals surface area contributed by atoms with Crippen molar-refractivity contribution < 1.29 is 29.4 Å². The number of hydrogen-bond donors (Lipinski definition) is 1. The topological polar surface area (TPSA) is 37.3 Å². The molecule has 0 fully saturated rings. The molecule has 0 aromatic heterocycles. The van der Waals surface area contributed by atoms with Crippen LogP contribution in [-0.4, -0.2) is 11.1 Å². The molecule has 1 aliphatic carbocycles. The van der Waals surface area contributed by atoms with E-state index in [0.29, 0.717) is 0 Å². The summed E-state index contributed by atoms with van der Waals surface area (Å²) in [5, 5.41) is 7.42. The second-order valence-corrected chi connectivity index (χ2v) is 2.62. The van der Waals surface area contributed by atoms with Gasteiger partial charge in [-0.1, -0.05) is 24.3 Å². The molecule has 1 rings (SSSR count). The van der Waals surface area contributed by atoms with Crippen LogP contribution in [-0.2, 0) is 24.3 Å². The van der Waals surface area contributed by atoms with Crippen LogP contribution < -0.4 is 0 Å². The van der Waals surface area contributed by atoms with E-state index in [1.54, 1.807) is 0 Å². The summed E-state index contributed by atoms with van der Waals surface area (Å²) in [6.07, 6.45) is 14.0. The van der Waals surface area contributed by atoms with E-state index < -0.39 is 5.97 Å². The van der Waals surface area contributed by atoms with Gasteiger partial charge in [0.2, 0.25) is 0 Å². The average Bonchev–Trinajstić information content (AvgIpc) is 1.82. The zero-order chi connectivity index (χ0) is 9.23. The summed E-state index contributed by atoms with van der Waals surface area (Å²) in [4.78, 5) is 9.00. The first kappa shape index (κ1) is 15.1. The van der Waals surface area contributed by atoms with Gasteiger partial charge in [0.05, 0.1) is 0 Å². The fraction of sp³-hybridized carbons (Fsp3) is 0.500. The van der Waals surface area contributed by atoms with Crippen molar-refractivity contribution in [2.45, 2.75) is 32.6 Å². The maximum absolute atomic E-state index is 9.00. The monoisotopic (exact) mass is 271 g/mol. The molecule has 0 saturated heterocycles. The van der Waals surface area contributed by atoms with Crippen molar-refractivity contribution in [2.75, 3.05) is 0 Å². The van der Waals surface area contributed by atoms with Crippen molar-refractivity contribution in [3.63, 3.8) is 0 Å². The van der Waals surface area contributed by atoms with Gasteiger partial charge in [-0.3, -0.25) is 4.79 Å². The standard InChI is InChI=1S/C8H12.C2H4O2.Rh/c1-2-4-6-8-7-5-3-1;1-2(3)4;/h1-2,7-8H,3-6H2;1H3,(H,3,4);. The number of carbonyl (C=O) groups is 1. The summed E-state index contributed by atoms with van der Waals surface area (Å²) < 4.78 is 0. The van der Waals surface area contributed by atoms with Crippen LogP contribution in [0.1, 0.15) is 32.6 Å². The van der Waals surface area contributed by atoms with Crippen molar-refractivity contribution in [1.82, 2.24) is 0 Å². The van der Waals surface area contributed by atoms with Gasteiger partial charge in [-0.15, -0.1) is 0 Å². The van der Waals surface area contributed by atoms with Crippen molar-refractivity contribution in [2.24, 2.45) is 0 Å². The van der Waals surface area contributed by atoms with E-state index in [1.807, 2.05) is 0 Å². The molecule has 0 heterocycles. The molecule has 0 aromatic rings. The van der Waals surface area contributed by atoms with E-state index in [0.717, 1.165) is 6.92 Å². The Morgan fingerprint density at radius 1 is 1.00 bits per heavy atom. The normalized spacial score (nSPS) is 14.2. The second kappa shape index (κ2) is 11.6. The number of aliphatic carboxylic acids is 1. The molecule has 0 amide bonds. The van der Waals surface area contributed by atoms with Gasteiger partial charge in [-0.25, -0.2) is 0 Å². The number of allylic oxidation sites excluding steroid dienone is 4. The largest absolute Gasteiger partial charge is 0.481 e. The summed E-state index contributed by atoms with van der Waals surface area (Å²) in [7, 11) is 0. The Labute approximate surface area is 92.5 Å². The fourth-order valence-corrected chi connectivity index (χ4v) is 0.856. The third kappa shape index (κ3) is 18.5. The number of hydrogen-bond acceptors (Lipinski definition) is 1. The Morgan fingerprint density at radius 3 is 1.31 bits per heavy atom. The molecule has 3 heteroatoms. The van der Waals surface area contributed by atoms with E-state index in [4.69, 9.17) is 9.90 Å². The van der Waals surface area contributed by atoms with Gasteiger partial charge in [0.1, 0.15) is 0 Å². The SMILES string of the molecule is C1=CCCC=CCC1.CC(=O)O.[Rh]. The maximum Gasteiger partial charge on any atom is 0.300 e. The second-order valence-electron chi connectivity index (χ2n) is 2.62. The van der Waals surface area contributed by atoms with Crippen LogP contribution in [0.2, 0.25) is 0 Å². The average molecular weight is 271 g/mol. The third-order valence-electron chi connectivity index (χ3n) is 1.33. The molecule has 0 saturated carbocycles. The minimum atomic E-state index is -0.833. The predicted molar refractivity (Wildman–Crippen MR) is 50.1 cm³/mol. The van der Waals surface area contributed by atoms with Crippen molar-refractivity contribution in [3.05, 3.63) is 24.3 Å². The first-order chi connectivity index (χ1) is 5.73. The third-order valence-corrected chi connectivity index (χ3v) is 1.33. The van der Waals surface area contributed by atoms with Crippen LogP contribution in [0.4, 0.5) is 0 Å². The van der Waals surface area contributed by atoms with E-state index in [-0.39, 0.29) is 19.5 Å². The molecule has 0 spiro atoms. The Morgan fingerprint density at radius 2 is 1.15 bits per heavy atom. The molecule has 0 aromatic carbocycles. The van der Waals surface area contributed by atoms with Gasteiger partial charge < -0.3 is 5.11 Å². The Hall–Kier alpha value is -0.427. The molecule has 13 heavy (non-hydrogen) atoms. The van der Waals surface area contributed by atoms with Gasteiger partial charge in [0.15, 0.2) is 0 Å². The molecule has 77 valence electrons. The van der Waals surface area contributed by atoms with Gasteiger partial charge in [0, 0.05) is 26.4 Å². The van der Waals surface area contributed by atoms with Gasteiger partial charge in [0.25, 0.3) is 5.97 Å². The van der Waals surface area contributed by atoms with E-state index in [1.165, 1.54) is 25.7 Å². The zero-order valence-electron chi connectivity index (χ0n) is 7.83. The minimum Gasteiger partial charge on any atom is -0.481 e. The first-order valence-electron chi connectivity index (χ1n) is 4.23.